The molecule has 0 aliphatic carbocycles. The minimum atomic E-state index is -0.266. The van der Waals surface area contributed by atoms with Crippen LogP contribution in [0.4, 0.5) is 11.4 Å². The monoisotopic (exact) mass is 302 g/mol. The molecule has 1 aliphatic rings. The summed E-state index contributed by atoms with van der Waals surface area (Å²) >= 11 is 5.90. The number of rotatable bonds is 2. The van der Waals surface area contributed by atoms with Gasteiger partial charge < -0.3 is 15.8 Å². The summed E-state index contributed by atoms with van der Waals surface area (Å²) in [6.45, 7) is -0.0263. The Hall–Kier alpha value is -2.53. The highest BCUT2D eigenvalue weighted by atomic mass is 35.5. The zero-order valence-corrected chi connectivity index (χ0v) is 11.6. The predicted molar refractivity (Wildman–Crippen MR) is 79.9 cm³/mol. The molecule has 0 radical (unpaired) electrons. The van der Waals surface area contributed by atoms with E-state index >= 15 is 0 Å². The van der Waals surface area contributed by atoms with Crippen LogP contribution >= 0.6 is 11.6 Å². The molecule has 0 spiro atoms. The number of carbonyl (C=O) groups is 2. The van der Waals surface area contributed by atoms with Crippen LogP contribution in [0, 0.1) is 0 Å². The molecule has 0 aromatic heterocycles. The van der Waals surface area contributed by atoms with E-state index in [0.717, 1.165) is 0 Å². The molecule has 3 rings (SSSR count). The molecular formula is C15H11ClN2O3. The number of anilines is 2. The number of nitrogens with two attached hydrogens (primary N) is 1. The average Bonchev–Trinajstić information content (AvgIpc) is 2.48. The normalized spacial score (nSPS) is 13.1. The lowest BCUT2D eigenvalue weighted by atomic mass is 10.0. The van der Waals surface area contributed by atoms with Gasteiger partial charge in [-0.05, 0) is 36.4 Å². The number of halogens is 1. The second-order valence-electron chi connectivity index (χ2n) is 4.61. The first-order valence-corrected chi connectivity index (χ1v) is 6.59. The highest BCUT2D eigenvalue weighted by molar-refractivity contribution is 6.31. The van der Waals surface area contributed by atoms with E-state index in [1.165, 1.54) is 6.07 Å². The molecule has 6 heteroatoms. The molecule has 1 amide bonds. The van der Waals surface area contributed by atoms with E-state index in [9.17, 15) is 9.59 Å². The van der Waals surface area contributed by atoms with Gasteiger partial charge in [-0.25, -0.2) is 0 Å². The minimum absolute atomic E-state index is 0.0263. The van der Waals surface area contributed by atoms with Crippen LogP contribution in [0.25, 0.3) is 0 Å². The number of nitrogens with one attached hydrogen (secondary N) is 1. The molecule has 0 atom stereocenters. The first-order valence-electron chi connectivity index (χ1n) is 6.21. The van der Waals surface area contributed by atoms with Gasteiger partial charge in [0.15, 0.2) is 12.4 Å². The summed E-state index contributed by atoms with van der Waals surface area (Å²) in [6, 6.07) is 9.55. The highest BCUT2D eigenvalue weighted by Gasteiger charge is 2.19. The molecule has 3 N–H and O–H groups in total. The molecule has 2 aromatic rings. The fraction of sp³-hybridized carbons (Fsp3) is 0.0667. The zero-order valence-electron chi connectivity index (χ0n) is 10.9. The second kappa shape index (κ2) is 5.10. The molecule has 0 fully saturated rings. The zero-order chi connectivity index (χ0) is 15.0. The van der Waals surface area contributed by atoms with Gasteiger partial charge in [-0.15, -0.1) is 0 Å². The molecule has 0 unspecified atom stereocenters. The van der Waals surface area contributed by atoms with Crippen molar-refractivity contribution in [3.63, 3.8) is 0 Å². The van der Waals surface area contributed by atoms with Gasteiger partial charge in [0.2, 0.25) is 0 Å². The number of ether oxygens (including phenoxy) is 1. The lowest BCUT2D eigenvalue weighted by Crippen LogP contribution is -2.25. The van der Waals surface area contributed by atoms with Crippen molar-refractivity contribution >= 4 is 34.7 Å². The van der Waals surface area contributed by atoms with E-state index in [2.05, 4.69) is 5.32 Å². The molecular weight excluding hydrogens is 292 g/mol. The topological polar surface area (TPSA) is 81.4 Å². The first-order chi connectivity index (χ1) is 10.0. The second-order valence-corrected chi connectivity index (χ2v) is 5.04. The Bertz CT molecular complexity index is 759. The lowest BCUT2D eigenvalue weighted by Gasteiger charge is -2.18. The van der Waals surface area contributed by atoms with E-state index in [4.69, 9.17) is 22.1 Å². The van der Waals surface area contributed by atoms with Crippen LogP contribution in [0.3, 0.4) is 0 Å². The Kier molecular flexibility index (Phi) is 3.27. The van der Waals surface area contributed by atoms with Crippen molar-refractivity contribution < 1.29 is 14.3 Å². The van der Waals surface area contributed by atoms with Gasteiger partial charge in [-0.2, -0.15) is 0 Å². The van der Waals surface area contributed by atoms with Crippen LogP contribution in [0.15, 0.2) is 36.4 Å². The maximum Gasteiger partial charge on any atom is 0.262 e. The number of ketones is 1. The predicted octanol–water partition coefficient (Wildman–Crippen LogP) is 2.48. The van der Waals surface area contributed by atoms with Gasteiger partial charge in [0, 0.05) is 21.8 Å². The summed E-state index contributed by atoms with van der Waals surface area (Å²) in [4.78, 5) is 23.8. The quantitative estimate of drug-likeness (QED) is 0.659. The van der Waals surface area contributed by atoms with Gasteiger partial charge in [-0.3, -0.25) is 9.59 Å². The number of amides is 1. The molecule has 1 heterocycles. The first kappa shape index (κ1) is 13.5. The van der Waals surface area contributed by atoms with Crippen LogP contribution in [0.5, 0.6) is 5.75 Å². The molecule has 106 valence electrons. The summed E-state index contributed by atoms with van der Waals surface area (Å²) in [6.07, 6.45) is 0. The molecule has 1 aliphatic heterocycles. The third-order valence-corrected chi connectivity index (χ3v) is 3.37. The van der Waals surface area contributed by atoms with Crippen molar-refractivity contribution in [2.45, 2.75) is 0 Å². The van der Waals surface area contributed by atoms with E-state index in [1.54, 1.807) is 30.3 Å². The van der Waals surface area contributed by atoms with Crippen LogP contribution in [0.2, 0.25) is 5.02 Å². The van der Waals surface area contributed by atoms with Gasteiger partial charge >= 0.3 is 0 Å². The van der Waals surface area contributed by atoms with Gasteiger partial charge in [0.05, 0.1) is 5.69 Å². The maximum absolute atomic E-state index is 12.5. The molecule has 21 heavy (non-hydrogen) atoms. The minimum Gasteiger partial charge on any atom is -0.482 e. The van der Waals surface area contributed by atoms with Crippen LogP contribution < -0.4 is 15.8 Å². The van der Waals surface area contributed by atoms with Crippen LogP contribution in [-0.4, -0.2) is 18.3 Å². The number of carbonyl (C=O) groups excluding carboxylic acids is 2. The van der Waals surface area contributed by atoms with E-state index < -0.39 is 0 Å². The lowest BCUT2D eigenvalue weighted by molar-refractivity contribution is -0.118. The van der Waals surface area contributed by atoms with Crippen LogP contribution in [0.1, 0.15) is 15.9 Å². The van der Waals surface area contributed by atoms with Crippen molar-refractivity contribution in [1.29, 1.82) is 0 Å². The summed E-state index contributed by atoms with van der Waals surface area (Å²) in [5.74, 6) is 0.0113. The molecule has 0 saturated carbocycles. The number of benzene rings is 2. The summed E-state index contributed by atoms with van der Waals surface area (Å²) < 4.78 is 5.25. The average molecular weight is 303 g/mol. The smallest absolute Gasteiger partial charge is 0.262 e. The third kappa shape index (κ3) is 2.55. The van der Waals surface area contributed by atoms with E-state index in [1.807, 2.05) is 0 Å². The summed E-state index contributed by atoms with van der Waals surface area (Å²) in [5, 5.41) is 3.09. The number of hydrogen-bond acceptors (Lipinski definition) is 4. The van der Waals surface area contributed by atoms with Crippen molar-refractivity contribution in [3.05, 3.63) is 52.5 Å². The Morgan fingerprint density at radius 1 is 1.24 bits per heavy atom. The van der Waals surface area contributed by atoms with Crippen molar-refractivity contribution in [2.75, 3.05) is 17.7 Å². The van der Waals surface area contributed by atoms with Gasteiger partial charge in [-0.1, -0.05) is 11.6 Å². The van der Waals surface area contributed by atoms with Crippen LogP contribution in [-0.2, 0) is 4.79 Å². The SMILES string of the molecule is Nc1ccc(Cl)cc1C(=O)c1ccc2c(c1)NC(=O)CO2. The summed E-state index contributed by atoms with van der Waals surface area (Å²) in [7, 11) is 0. The maximum atomic E-state index is 12.5. The largest absolute Gasteiger partial charge is 0.482 e. The highest BCUT2D eigenvalue weighted by Crippen LogP contribution is 2.30. The third-order valence-electron chi connectivity index (χ3n) is 3.13. The Morgan fingerprint density at radius 2 is 2.05 bits per heavy atom. The number of fused-ring (bicyclic) bond motifs is 1. The molecule has 0 bridgehead atoms. The molecule has 5 nitrogen and oxygen atoms in total. The standard InChI is InChI=1S/C15H11ClN2O3/c16-9-2-3-11(17)10(6-9)15(20)8-1-4-13-12(5-8)18-14(19)7-21-13/h1-6H,7,17H2,(H,18,19). The van der Waals surface area contributed by atoms with E-state index in [-0.39, 0.29) is 18.3 Å². The van der Waals surface area contributed by atoms with Crippen molar-refractivity contribution in [1.82, 2.24) is 0 Å². The van der Waals surface area contributed by atoms with Crippen molar-refractivity contribution in [3.8, 4) is 5.75 Å². The number of nitrogen functional groups attached to an aromatic ring is 1. The Balaban J connectivity index is 2.00. The van der Waals surface area contributed by atoms with Gasteiger partial charge in [0.25, 0.3) is 5.91 Å². The Morgan fingerprint density at radius 3 is 2.86 bits per heavy atom. The molecule has 0 saturated heterocycles. The van der Waals surface area contributed by atoms with Crippen molar-refractivity contribution in [2.24, 2.45) is 0 Å². The fourth-order valence-corrected chi connectivity index (χ4v) is 2.28. The van der Waals surface area contributed by atoms with E-state index in [0.29, 0.717) is 33.3 Å². The summed E-state index contributed by atoms with van der Waals surface area (Å²) in [5.41, 5.74) is 7.35. The van der Waals surface area contributed by atoms with Gasteiger partial charge in [0.1, 0.15) is 5.75 Å². The fourth-order valence-electron chi connectivity index (χ4n) is 2.11. The molecule has 2 aromatic carbocycles. The Labute approximate surface area is 125 Å². The number of hydrogen-bond donors (Lipinski definition) is 2.